The van der Waals surface area contributed by atoms with E-state index >= 15 is 0 Å². The Kier molecular flexibility index (Phi) is 5.11. The minimum Gasteiger partial charge on any atom is -0.452 e. The van der Waals surface area contributed by atoms with E-state index < -0.39 is 23.8 Å². The molecule has 0 saturated carbocycles. The highest BCUT2D eigenvalue weighted by atomic mass is 19.1. The first kappa shape index (κ1) is 18.4. The summed E-state index contributed by atoms with van der Waals surface area (Å²) in [6.07, 6.45) is 0.333. The van der Waals surface area contributed by atoms with Crippen LogP contribution < -0.4 is 5.32 Å². The Labute approximate surface area is 154 Å². The minimum atomic E-state index is -1.01. The van der Waals surface area contributed by atoms with E-state index in [-0.39, 0.29) is 6.42 Å². The van der Waals surface area contributed by atoms with Gasteiger partial charge in [-0.25, -0.2) is 13.9 Å². The molecule has 0 fully saturated rings. The van der Waals surface area contributed by atoms with Gasteiger partial charge in [0, 0.05) is 22.6 Å². The van der Waals surface area contributed by atoms with Crippen LogP contribution in [0.3, 0.4) is 0 Å². The van der Waals surface area contributed by atoms with Gasteiger partial charge >= 0.3 is 5.97 Å². The average Bonchev–Trinajstić information content (AvgIpc) is 3.09. The lowest BCUT2D eigenvalue weighted by Crippen LogP contribution is -2.30. The molecule has 3 aromatic rings. The molecule has 0 bridgehead atoms. The second kappa shape index (κ2) is 7.48. The largest absolute Gasteiger partial charge is 0.452 e. The first-order valence-electron chi connectivity index (χ1n) is 8.27. The topological polar surface area (TPSA) is 98.5 Å². The van der Waals surface area contributed by atoms with Crippen molar-refractivity contribution in [1.29, 1.82) is 0 Å². The van der Waals surface area contributed by atoms with E-state index in [4.69, 9.17) is 4.74 Å². The van der Waals surface area contributed by atoms with E-state index in [1.165, 1.54) is 37.5 Å². The number of benzene rings is 1. The van der Waals surface area contributed by atoms with Gasteiger partial charge in [-0.1, -0.05) is 0 Å². The summed E-state index contributed by atoms with van der Waals surface area (Å²) < 4.78 is 19.7. The molecule has 1 amide bonds. The number of rotatable bonds is 5. The van der Waals surface area contributed by atoms with E-state index in [2.05, 4.69) is 20.4 Å². The number of hydrogen-bond acceptors (Lipinski definition) is 6. The first-order chi connectivity index (χ1) is 12.8. The predicted molar refractivity (Wildman–Crippen MR) is 94.5 cm³/mol. The Hall–Kier alpha value is -3.36. The molecule has 0 aliphatic carbocycles. The third-order valence-electron chi connectivity index (χ3n) is 4.10. The van der Waals surface area contributed by atoms with Crippen LogP contribution in [-0.4, -0.2) is 37.6 Å². The highest BCUT2D eigenvalue weighted by molar-refractivity contribution is 5.95. The number of nitrogens with one attached hydrogen (secondary N) is 1. The number of fused-ring (bicyclic) bond motifs is 1. The Balaban J connectivity index is 1.65. The average molecular weight is 371 g/mol. The van der Waals surface area contributed by atoms with Crippen molar-refractivity contribution in [2.45, 2.75) is 33.3 Å². The van der Waals surface area contributed by atoms with Crippen LogP contribution in [0.15, 0.2) is 30.6 Å². The smallest absolute Gasteiger partial charge is 0.311 e. The highest BCUT2D eigenvalue weighted by Crippen LogP contribution is 2.15. The van der Waals surface area contributed by atoms with E-state index in [1.54, 1.807) is 11.4 Å². The van der Waals surface area contributed by atoms with Crippen molar-refractivity contribution in [3.8, 4) is 0 Å². The van der Waals surface area contributed by atoms with Gasteiger partial charge in [0.05, 0.1) is 6.42 Å². The zero-order valence-corrected chi connectivity index (χ0v) is 15.1. The van der Waals surface area contributed by atoms with Gasteiger partial charge in [-0.2, -0.15) is 10.1 Å². The molecule has 1 atom stereocenters. The Morgan fingerprint density at radius 1 is 1.26 bits per heavy atom. The summed E-state index contributed by atoms with van der Waals surface area (Å²) in [5.41, 5.74) is 2.46. The molecule has 2 aromatic heterocycles. The van der Waals surface area contributed by atoms with Crippen LogP contribution in [0.1, 0.15) is 23.9 Å². The molecule has 1 N–H and O–H groups in total. The number of aryl methyl sites for hydroxylation is 2. The standard InChI is InChI=1S/C18H18FN5O3/c1-10-15(11(2)24-18(22-10)20-9-21-24)8-16(25)27-12(3)17(26)23-14-6-4-13(19)5-7-14/h4-7,9,12H,8H2,1-3H3,(H,23,26)/t12-/m0/s1. The van der Waals surface area contributed by atoms with Crippen molar-refractivity contribution in [1.82, 2.24) is 19.6 Å². The second-order valence-electron chi connectivity index (χ2n) is 6.04. The fraction of sp³-hybridized carbons (Fsp3) is 0.278. The molecule has 1 aromatic carbocycles. The first-order valence-corrected chi connectivity index (χ1v) is 8.27. The van der Waals surface area contributed by atoms with Crippen molar-refractivity contribution < 1.29 is 18.7 Å². The number of aromatic nitrogens is 4. The molecule has 0 spiro atoms. The van der Waals surface area contributed by atoms with Crippen LogP contribution in [0, 0.1) is 19.7 Å². The maximum Gasteiger partial charge on any atom is 0.311 e. The fourth-order valence-electron chi connectivity index (χ4n) is 2.63. The molecule has 9 heteroatoms. The molecule has 0 aliphatic heterocycles. The number of carbonyl (C=O) groups is 2. The zero-order chi connectivity index (χ0) is 19.6. The van der Waals surface area contributed by atoms with Gasteiger partial charge < -0.3 is 10.1 Å². The number of halogens is 1. The zero-order valence-electron chi connectivity index (χ0n) is 15.1. The maximum absolute atomic E-state index is 12.9. The van der Waals surface area contributed by atoms with Crippen LogP contribution in [-0.2, 0) is 20.7 Å². The van der Waals surface area contributed by atoms with Crippen LogP contribution in [0.25, 0.3) is 5.78 Å². The van der Waals surface area contributed by atoms with E-state index in [0.717, 1.165) is 5.69 Å². The van der Waals surface area contributed by atoms with E-state index in [9.17, 15) is 14.0 Å². The van der Waals surface area contributed by atoms with Gasteiger partial charge in [-0.15, -0.1) is 0 Å². The van der Waals surface area contributed by atoms with Crippen molar-refractivity contribution in [2.75, 3.05) is 5.32 Å². The molecule has 0 unspecified atom stereocenters. The van der Waals surface area contributed by atoms with Gasteiger partial charge in [0.2, 0.25) is 0 Å². The van der Waals surface area contributed by atoms with Crippen LogP contribution in [0.2, 0.25) is 0 Å². The molecule has 0 radical (unpaired) electrons. The summed E-state index contributed by atoms with van der Waals surface area (Å²) in [5.74, 6) is -1.03. The third-order valence-corrected chi connectivity index (χ3v) is 4.10. The normalized spacial score (nSPS) is 12.0. The van der Waals surface area contributed by atoms with Gasteiger partial charge in [0.15, 0.2) is 6.10 Å². The second-order valence-corrected chi connectivity index (χ2v) is 6.04. The predicted octanol–water partition coefficient (Wildman–Crippen LogP) is 1.99. The third kappa shape index (κ3) is 4.08. The number of esters is 1. The van der Waals surface area contributed by atoms with E-state index in [1.807, 2.05) is 6.92 Å². The minimum absolute atomic E-state index is 0.0470. The van der Waals surface area contributed by atoms with E-state index in [0.29, 0.717) is 22.7 Å². The van der Waals surface area contributed by atoms with Gasteiger partial charge in [0.1, 0.15) is 12.1 Å². The lowest BCUT2D eigenvalue weighted by atomic mass is 10.1. The molecule has 0 aliphatic rings. The van der Waals surface area contributed by atoms with Gasteiger partial charge in [-0.05, 0) is 45.0 Å². The SMILES string of the molecule is Cc1nc2ncnn2c(C)c1CC(=O)O[C@@H](C)C(=O)Nc1ccc(F)cc1. The summed E-state index contributed by atoms with van der Waals surface area (Å²) in [6.45, 7) is 5.05. The molecule has 27 heavy (non-hydrogen) atoms. The quantitative estimate of drug-likeness (QED) is 0.689. The molecule has 8 nitrogen and oxygen atoms in total. The van der Waals surface area contributed by atoms with Crippen molar-refractivity contribution in [3.63, 3.8) is 0 Å². The van der Waals surface area contributed by atoms with Crippen molar-refractivity contribution >= 4 is 23.3 Å². The fourth-order valence-corrected chi connectivity index (χ4v) is 2.63. The summed E-state index contributed by atoms with van der Waals surface area (Å²) in [6, 6.07) is 5.30. The molecular formula is C18H18FN5O3. The lowest BCUT2D eigenvalue weighted by Gasteiger charge is -2.15. The Morgan fingerprint density at radius 3 is 2.67 bits per heavy atom. The van der Waals surface area contributed by atoms with Crippen LogP contribution in [0.5, 0.6) is 0 Å². The number of anilines is 1. The van der Waals surface area contributed by atoms with Crippen LogP contribution in [0.4, 0.5) is 10.1 Å². The summed E-state index contributed by atoms with van der Waals surface area (Å²) in [7, 11) is 0. The summed E-state index contributed by atoms with van der Waals surface area (Å²) >= 11 is 0. The molecule has 0 saturated heterocycles. The number of carbonyl (C=O) groups excluding carboxylic acids is 2. The van der Waals surface area contributed by atoms with Gasteiger partial charge in [0.25, 0.3) is 11.7 Å². The van der Waals surface area contributed by atoms with Crippen molar-refractivity contribution in [2.24, 2.45) is 0 Å². The van der Waals surface area contributed by atoms with Crippen LogP contribution >= 0.6 is 0 Å². The molecule has 3 rings (SSSR count). The number of nitrogens with zero attached hydrogens (tertiary/aromatic N) is 4. The highest BCUT2D eigenvalue weighted by Gasteiger charge is 2.20. The summed E-state index contributed by atoms with van der Waals surface area (Å²) in [5, 5.41) is 6.63. The molecule has 2 heterocycles. The number of amides is 1. The maximum atomic E-state index is 12.9. The number of hydrogen-bond donors (Lipinski definition) is 1. The molecule has 140 valence electrons. The van der Waals surface area contributed by atoms with Gasteiger partial charge in [-0.3, -0.25) is 9.59 Å². The van der Waals surface area contributed by atoms with Crippen molar-refractivity contribution in [3.05, 3.63) is 53.4 Å². The monoisotopic (exact) mass is 371 g/mol. The Morgan fingerprint density at radius 2 is 1.96 bits per heavy atom. The number of ether oxygens (including phenoxy) is 1. The Bertz CT molecular complexity index is 1000. The molecular weight excluding hydrogens is 353 g/mol. The lowest BCUT2D eigenvalue weighted by molar-refractivity contribution is -0.152. The summed E-state index contributed by atoms with van der Waals surface area (Å²) in [4.78, 5) is 32.7.